The van der Waals surface area contributed by atoms with E-state index >= 15 is 0 Å². The SMILES string of the molecule is CCC[C@H](C)CS(=O)(=O)NCc1ccncc1. The van der Waals surface area contributed by atoms with Crippen LogP contribution in [-0.2, 0) is 16.6 Å². The maximum absolute atomic E-state index is 11.8. The third-order valence-electron chi connectivity index (χ3n) is 2.53. The number of hydrogen-bond acceptors (Lipinski definition) is 3. The standard InChI is InChI=1S/C12H20N2O2S/c1-3-4-11(2)10-17(15,16)14-9-12-5-7-13-8-6-12/h5-8,11,14H,3-4,9-10H2,1-2H3/t11-/m0/s1. The summed E-state index contributed by atoms with van der Waals surface area (Å²) in [6, 6.07) is 3.61. The highest BCUT2D eigenvalue weighted by atomic mass is 32.2. The average molecular weight is 256 g/mol. The second kappa shape index (κ2) is 6.71. The molecule has 0 aliphatic rings. The molecule has 1 aromatic heterocycles. The van der Waals surface area contributed by atoms with Gasteiger partial charge in [-0.15, -0.1) is 0 Å². The van der Waals surface area contributed by atoms with E-state index in [1.165, 1.54) is 0 Å². The largest absolute Gasteiger partial charge is 0.265 e. The molecule has 0 aliphatic heterocycles. The lowest BCUT2D eigenvalue weighted by Crippen LogP contribution is -2.28. The molecule has 0 fully saturated rings. The maximum atomic E-state index is 11.8. The van der Waals surface area contributed by atoms with Crippen LogP contribution in [0.1, 0.15) is 32.3 Å². The van der Waals surface area contributed by atoms with Gasteiger partial charge in [0.2, 0.25) is 10.0 Å². The Bertz CT molecular complexity index is 417. The summed E-state index contributed by atoms with van der Waals surface area (Å²) in [6.07, 6.45) is 5.27. The first-order valence-corrected chi connectivity index (χ1v) is 7.55. The first kappa shape index (κ1) is 14.1. The second-order valence-electron chi connectivity index (χ2n) is 4.35. The Labute approximate surface area is 104 Å². The van der Waals surface area contributed by atoms with E-state index in [4.69, 9.17) is 0 Å². The van der Waals surface area contributed by atoms with Crippen molar-refractivity contribution in [2.75, 3.05) is 5.75 Å². The Morgan fingerprint density at radius 2 is 2.00 bits per heavy atom. The minimum Gasteiger partial charge on any atom is -0.265 e. The number of sulfonamides is 1. The zero-order valence-electron chi connectivity index (χ0n) is 10.4. The van der Waals surface area contributed by atoms with Crippen molar-refractivity contribution in [3.8, 4) is 0 Å². The molecule has 1 rings (SSSR count). The number of nitrogens with zero attached hydrogens (tertiary/aromatic N) is 1. The highest BCUT2D eigenvalue weighted by molar-refractivity contribution is 7.89. The fourth-order valence-corrected chi connectivity index (χ4v) is 3.12. The van der Waals surface area contributed by atoms with Crippen LogP contribution in [0, 0.1) is 5.92 Å². The van der Waals surface area contributed by atoms with Crippen molar-refractivity contribution in [3.63, 3.8) is 0 Å². The van der Waals surface area contributed by atoms with Crippen LogP contribution < -0.4 is 4.72 Å². The molecule has 0 saturated heterocycles. The van der Waals surface area contributed by atoms with Crippen LogP contribution in [0.3, 0.4) is 0 Å². The molecule has 0 radical (unpaired) electrons. The Morgan fingerprint density at radius 3 is 2.59 bits per heavy atom. The van der Waals surface area contributed by atoms with Gasteiger partial charge < -0.3 is 0 Å². The van der Waals surface area contributed by atoms with Crippen LogP contribution in [0.5, 0.6) is 0 Å². The average Bonchev–Trinajstić information content (AvgIpc) is 2.27. The summed E-state index contributed by atoms with van der Waals surface area (Å²) in [5.74, 6) is 0.404. The fourth-order valence-electron chi connectivity index (χ4n) is 1.70. The maximum Gasteiger partial charge on any atom is 0.212 e. The van der Waals surface area contributed by atoms with Gasteiger partial charge in [-0.2, -0.15) is 0 Å². The van der Waals surface area contributed by atoms with Crippen molar-refractivity contribution < 1.29 is 8.42 Å². The Balaban J connectivity index is 2.45. The highest BCUT2D eigenvalue weighted by Gasteiger charge is 2.14. The number of hydrogen-bond donors (Lipinski definition) is 1. The lowest BCUT2D eigenvalue weighted by molar-refractivity contribution is 0.536. The van der Waals surface area contributed by atoms with E-state index in [9.17, 15) is 8.42 Å². The van der Waals surface area contributed by atoms with Gasteiger partial charge in [-0.05, 0) is 30.0 Å². The molecule has 1 atom stereocenters. The van der Waals surface area contributed by atoms with Crippen molar-refractivity contribution in [1.29, 1.82) is 0 Å². The van der Waals surface area contributed by atoms with Crippen molar-refractivity contribution in [1.82, 2.24) is 9.71 Å². The smallest absolute Gasteiger partial charge is 0.212 e. The molecule has 0 amide bonds. The quantitative estimate of drug-likeness (QED) is 0.811. The van der Waals surface area contributed by atoms with Crippen molar-refractivity contribution >= 4 is 10.0 Å². The van der Waals surface area contributed by atoms with E-state index in [-0.39, 0.29) is 11.7 Å². The molecule has 0 aromatic carbocycles. The first-order chi connectivity index (χ1) is 8.03. The van der Waals surface area contributed by atoms with Crippen LogP contribution in [0.25, 0.3) is 0 Å². The number of rotatable bonds is 7. The molecule has 0 aliphatic carbocycles. The number of aromatic nitrogens is 1. The van der Waals surface area contributed by atoms with Crippen LogP contribution in [0.15, 0.2) is 24.5 Å². The van der Waals surface area contributed by atoms with Gasteiger partial charge in [-0.1, -0.05) is 20.3 Å². The zero-order valence-corrected chi connectivity index (χ0v) is 11.2. The van der Waals surface area contributed by atoms with E-state index in [0.717, 1.165) is 18.4 Å². The molecule has 1 heterocycles. The third-order valence-corrected chi connectivity index (χ3v) is 4.12. The molecule has 0 bridgehead atoms. The van der Waals surface area contributed by atoms with Gasteiger partial charge in [0.1, 0.15) is 0 Å². The van der Waals surface area contributed by atoms with Gasteiger partial charge in [-0.3, -0.25) is 4.98 Å². The molecule has 0 saturated carbocycles. The van der Waals surface area contributed by atoms with E-state index in [1.807, 2.05) is 6.92 Å². The van der Waals surface area contributed by atoms with Crippen LogP contribution >= 0.6 is 0 Å². The lowest BCUT2D eigenvalue weighted by atomic mass is 10.1. The molecule has 1 N–H and O–H groups in total. The normalized spacial score (nSPS) is 13.5. The summed E-state index contributed by atoms with van der Waals surface area (Å²) in [5.41, 5.74) is 0.923. The zero-order chi connectivity index (χ0) is 12.7. The lowest BCUT2D eigenvalue weighted by Gasteiger charge is -2.11. The molecule has 17 heavy (non-hydrogen) atoms. The van der Waals surface area contributed by atoms with E-state index < -0.39 is 10.0 Å². The minimum absolute atomic E-state index is 0.200. The topological polar surface area (TPSA) is 59.1 Å². The molecule has 96 valence electrons. The van der Waals surface area contributed by atoms with E-state index in [2.05, 4.69) is 16.6 Å². The van der Waals surface area contributed by atoms with E-state index in [0.29, 0.717) is 6.54 Å². The van der Waals surface area contributed by atoms with Gasteiger partial charge in [0.25, 0.3) is 0 Å². The predicted molar refractivity (Wildman–Crippen MR) is 68.9 cm³/mol. The van der Waals surface area contributed by atoms with Crippen molar-refractivity contribution in [2.24, 2.45) is 5.92 Å². The van der Waals surface area contributed by atoms with Gasteiger partial charge in [0.05, 0.1) is 5.75 Å². The first-order valence-electron chi connectivity index (χ1n) is 5.89. The molecule has 5 heteroatoms. The number of nitrogens with one attached hydrogen (secondary N) is 1. The Kier molecular flexibility index (Phi) is 5.58. The van der Waals surface area contributed by atoms with Crippen LogP contribution in [0.2, 0.25) is 0 Å². The summed E-state index contributed by atoms with van der Waals surface area (Å²) in [6.45, 7) is 4.37. The molecule has 1 aromatic rings. The third kappa shape index (κ3) is 5.79. The highest BCUT2D eigenvalue weighted by Crippen LogP contribution is 2.08. The van der Waals surface area contributed by atoms with Gasteiger partial charge in [-0.25, -0.2) is 13.1 Å². The summed E-state index contributed by atoms with van der Waals surface area (Å²) in [5, 5.41) is 0. The molecule has 0 unspecified atom stereocenters. The van der Waals surface area contributed by atoms with Gasteiger partial charge in [0.15, 0.2) is 0 Å². The second-order valence-corrected chi connectivity index (χ2v) is 6.20. The molecule has 4 nitrogen and oxygen atoms in total. The Morgan fingerprint density at radius 1 is 1.35 bits per heavy atom. The fraction of sp³-hybridized carbons (Fsp3) is 0.583. The van der Waals surface area contributed by atoms with Crippen LogP contribution in [0.4, 0.5) is 0 Å². The summed E-state index contributed by atoms with van der Waals surface area (Å²) in [4.78, 5) is 3.89. The summed E-state index contributed by atoms with van der Waals surface area (Å²) < 4.78 is 26.1. The molecular formula is C12H20N2O2S. The monoisotopic (exact) mass is 256 g/mol. The van der Waals surface area contributed by atoms with Crippen molar-refractivity contribution in [3.05, 3.63) is 30.1 Å². The predicted octanol–water partition coefficient (Wildman–Crippen LogP) is 1.94. The molecular weight excluding hydrogens is 236 g/mol. The summed E-state index contributed by atoms with van der Waals surface area (Å²) >= 11 is 0. The van der Waals surface area contributed by atoms with Gasteiger partial charge >= 0.3 is 0 Å². The molecule has 0 spiro atoms. The van der Waals surface area contributed by atoms with Crippen molar-refractivity contribution in [2.45, 2.75) is 33.2 Å². The Hall–Kier alpha value is -0.940. The van der Waals surface area contributed by atoms with Gasteiger partial charge in [0, 0.05) is 18.9 Å². The summed E-state index contributed by atoms with van der Waals surface area (Å²) in [7, 11) is -3.17. The van der Waals surface area contributed by atoms with Crippen LogP contribution in [-0.4, -0.2) is 19.2 Å². The van der Waals surface area contributed by atoms with E-state index in [1.54, 1.807) is 24.5 Å². The minimum atomic E-state index is -3.17. The number of pyridine rings is 1.